The SMILES string of the molecule is CC(CO)OCC(C)OC1CCCC1. The van der Waals surface area contributed by atoms with Crippen LogP contribution in [0.1, 0.15) is 39.5 Å². The zero-order valence-corrected chi connectivity index (χ0v) is 9.24. The Morgan fingerprint density at radius 2 is 1.86 bits per heavy atom. The van der Waals surface area contributed by atoms with Crippen LogP contribution < -0.4 is 0 Å². The Morgan fingerprint density at radius 1 is 1.21 bits per heavy atom. The summed E-state index contributed by atoms with van der Waals surface area (Å²) in [6.45, 7) is 4.55. The molecule has 84 valence electrons. The monoisotopic (exact) mass is 202 g/mol. The molecule has 0 aromatic heterocycles. The van der Waals surface area contributed by atoms with Gasteiger partial charge in [0.2, 0.25) is 0 Å². The maximum absolute atomic E-state index is 8.77. The second-order valence-electron chi connectivity index (χ2n) is 4.18. The summed E-state index contributed by atoms with van der Waals surface area (Å²) in [6, 6.07) is 0. The predicted octanol–water partition coefficient (Wildman–Crippen LogP) is 1.73. The Bertz CT molecular complexity index is 143. The van der Waals surface area contributed by atoms with Gasteiger partial charge in [0, 0.05) is 0 Å². The summed E-state index contributed by atoms with van der Waals surface area (Å²) in [5, 5.41) is 8.77. The van der Waals surface area contributed by atoms with Crippen molar-refractivity contribution >= 4 is 0 Å². The van der Waals surface area contributed by atoms with Crippen molar-refractivity contribution in [3.8, 4) is 0 Å². The Labute approximate surface area is 86.4 Å². The second kappa shape index (κ2) is 6.38. The number of aliphatic hydroxyl groups is 1. The molecule has 3 nitrogen and oxygen atoms in total. The summed E-state index contributed by atoms with van der Waals surface area (Å²) in [7, 11) is 0. The third kappa shape index (κ3) is 4.40. The molecule has 3 heteroatoms. The molecule has 1 aliphatic carbocycles. The van der Waals surface area contributed by atoms with Crippen molar-refractivity contribution in [2.45, 2.75) is 57.8 Å². The largest absolute Gasteiger partial charge is 0.394 e. The van der Waals surface area contributed by atoms with E-state index in [4.69, 9.17) is 14.6 Å². The molecule has 14 heavy (non-hydrogen) atoms. The molecule has 0 heterocycles. The van der Waals surface area contributed by atoms with Gasteiger partial charge in [-0.1, -0.05) is 12.8 Å². The molecule has 0 aromatic rings. The number of rotatable bonds is 6. The van der Waals surface area contributed by atoms with Crippen LogP contribution in [0.2, 0.25) is 0 Å². The van der Waals surface area contributed by atoms with E-state index in [9.17, 15) is 0 Å². The number of aliphatic hydroxyl groups excluding tert-OH is 1. The lowest BCUT2D eigenvalue weighted by atomic mass is 10.3. The van der Waals surface area contributed by atoms with Gasteiger partial charge in [0.25, 0.3) is 0 Å². The molecule has 0 aliphatic heterocycles. The Kier molecular flexibility index (Phi) is 5.45. The lowest BCUT2D eigenvalue weighted by Gasteiger charge is -2.20. The average Bonchev–Trinajstić information content (AvgIpc) is 2.66. The molecule has 0 amide bonds. The number of hydrogen-bond acceptors (Lipinski definition) is 3. The van der Waals surface area contributed by atoms with Crippen molar-refractivity contribution in [1.82, 2.24) is 0 Å². The van der Waals surface area contributed by atoms with E-state index in [2.05, 4.69) is 0 Å². The highest BCUT2D eigenvalue weighted by Crippen LogP contribution is 2.22. The van der Waals surface area contributed by atoms with E-state index >= 15 is 0 Å². The van der Waals surface area contributed by atoms with E-state index in [0.29, 0.717) is 12.7 Å². The highest BCUT2D eigenvalue weighted by atomic mass is 16.5. The van der Waals surface area contributed by atoms with Gasteiger partial charge in [-0.2, -0.15) is 0 Å². The maximum atomic E-state index is 8.77. The van der Waals surface area contributed by atoms with E-state index in [1.165, 1.54) is 25.7 Å². The van der Waals surface area contributed by atoms with E-state index in [1.807, 2.05) is 13.8 Å². The highest BCUT2D eigenvalue weighted by Gasteiger charge is 2.18. The first-order valence-corrected chi connectivity index (χ1v) is 5.60. The fourth-order valence-electron chi connectivity index (χ4n) is 1.74. The molecular formula is C11H22O3. The van der Waals surface area contributed by atoms with Gasteiger partial charge < -0.3 is 14.6 Å². The molecule has 0 radical (unpaired) electrons. The lowest BCUT2D eigenvalue weighted by molar-refractivity contribution is -0.0702. The van der Waals surface area contributed by atoms with Crippen molar-refractivity contribution in [1.29, 1.82) is 0 Å². The molecule has 1 saturated carbocycles. The standard InChI is InChI=1S/C11H22O3/c1-9(7-12)13-8-10(2)14-11-5-3-4-6-11/h9-12H,3-8H2,1-2H3. The van der Waals surface area contributed by atoms with Gasteiger partial charge in [0.15, 0.2) is 0 Å². The van der Waals surface area contributed by atoms with Gasteiger partial charge in [-0.3, -0.25) is 0 Å². The van der Waals surface area contributed by atoms with Gasteiger partial charge in [-0.15, -0.1) is 0 Å². The first-order valence-electron chi connectivity index (χ1n) is 5.60. The predicted molar refractivity (Wildman–Crippen MR) is 55.3 cm³/mol. The van der Waals surface area contributed by atoms with E-state index in [-0.39, 0.29) is 18.8 Å². The fourth-order valence-corrected chi connectivity index (χ4v) is 1.74. The molecule has 1 rings (SSSR count). The van der Waals surface area contributed by atoms with Crippen LogP contribution in [0.25, 0.3) is 0 Å². The van der Waals surface area contributed by atoms with Crippen LogP contribution in [0.15, 0.2) is 0 Å². The molecule has 2 atom stereocenters. The Hall–Kier alpha value is -0.120. The molecule has 0 spiro atoms. The van der Waals surface area contributed by atoms with Crippen LogP contribution in [-0.2, 0) is 9.47 Å². The van der Waals surface area contributed by atoms with Gasteiger partial charge >= 0.3 is 0 Å². The molecule has 2 unspecified atom stereocenters. The molecular weight excluding hydrogens is 180 g/mol. The summed E-state index contributed by atoms with van der Waals surface area (Å²) in [5.74, 6) is 0. The van der Waals surface area contributed by atoms with Crippen LogP contribution in [0.3, 0.4) is 0 Å². The van der Waals surface area contributed by atoms with Crippen LogP contribution in [0.5, 0.6) is 0 Å². The van der Waals surface area contributed by atoms with Crippen LogP contribution in [0, 0.1) is 0 Å². The van der Waals surface area contributed by atoms with Crippen molar-refractivity contribution in [3.05, 3.63) is 0 Å². The van der Waals surface area contributed by atoms with Crippen molar-refractivity contribution in [2.75, 3.05) is 13.2 Å². The van der Waals surface area contributed by atoms with Crippen LogP contribution >= 0.6 is 0 Å². The minimum Gasteiger partial charge on any atom is -0.394 e. The summed E-state index contributed by atoms with van der Waals surface area (Å²) in [4.78, 5) is 0. The summed E-state index contributed by atoms with van der Waals surface area (Å²) in [6.07, 6.45) is 5.49. The normalized spacial score (nSPS) is 22.5. The second-order valence-corrected chi connectivity index (χ2v) is 4.18. The number of hydrogen-bond donors (Lipinski definition) is 1. The van der Waals surface area contributed by atoms with Gasteiger partial charge in [0.05, 0.1) is 31.5 Å². The van der Waals surface area contributed by atoms with Crippen LogP contribution in [-0.4, -0.2) is 36.6 Å². The molecule has 0 aromatic carbocycles. The smallest absolute Gasteiger partial charge is 0.0784 e. The summed E-state index contributed by atoms with van der Waals surface area (Å²) >= 11 is 0. The van der Waals surface area contributed by atoms with Crippen molar-refractivity contribution < 1.29 is 14.6 Å². The van der Waals surface area contributed by atoms with Gasteiger partial charge in [0.1, 0.15) is 0 Å². The summed E-state index contributed by atoms with van der Waals surface area (Å²) < 4.78 is 11.2. The third-order valence-corrected chi connectivity index (χ3v) is 2.60. The molecule has 1 fully saturated rings. The first kappa shape index (κ1) is 12.0. The van der Waals surface area contributed by atoms with E-state index in [1.54, 1.807) is 0 Å². The summed E-state index contributed by atoms with van der Waals surface area (Å²) in [5.41, 5.74) is 0. The lowest BCUT2D eigenvalue weighted by Crippen LogP contribution is -2.25. The molecule has 1 aliphatic rings. The average molecular weight is 202 g/mol. The first-order chi connectivity index (χ1) is 6.72. The Morgan fingerprint density at radius 3 is 2.43 bits per heavy atom. The van der Waals surface area contributed by atoms with Gasteiger partial charge in [-0.05, 0) is 26.7 Å². The van der Waals surface area contributed by atoms with Gasteiger partial charge in [-0.25, -0.2) is 0 Å². The molecule has 0 bridgehead atoms. The topological polar surface area (TPSA) is 38.7 Å². The Balaban J connectivity index is 2.05. The minimum atomic E-state index is -0.0790. The highest BCUT2D eigenvalue weighted by molar-refractivity contribution is 4.68. The fraction of sp³-hybridized carbons (Fsp3) is 1.00. The van der Waals surface area contributed by atoms with Crippen LogP contribution in [0.4, 0.5) is 0 Å². The van der Waals surface area contributed by atoms with E-state index < -0.39 is 0 Å². The quantitative estimate of drug-likeness (QED) is 0.713. The number of ether oxygens (including phenoxy) is 2. The molecule has 1 N–H and O–H groups in total. The molecule has 0 saturated heterocycles. The third-order valence-electron chi connectivity index (χ3n) is 2.60. The van der Waals surface area contributed by atoms with Crippen molar-refractivity contribution in [2.24, 2.45) is 0 Å². The zero-order valence-electron chi connectivity index (χ0n) is 9.24. The maximum Gasteiger partial charge on any atom is 0.0784 e. The van der Waals surface area contributed by atoms with Crippen molar-refractivity contribution in [3.63, 3.8) is 0 Å². The minimum absolute atomic E-state index is 0.0790. The zero-order chi connectivity index (χ0) is 10.4. The van der Waals surface area contributed by atoms with E-state index in [0.717, 1.165) is 0 Å².